The third-order valence-corrected chi connectivity index (χ3v) is 4.82. The van der Waals surface area contributed by atoms with Crippen LogP contribution in [0.3, 0.4) is 0 Å². The van der Waals surface area contributed by atoms with E-state index in [1.807, 2.05) is 24.3 Å². The largest absolute Gasteiger partial charge is 0.496 e. The maximum Gasteiger partial charge on any atom is 0.272 e. The minimum atomic E-state index is -1.29. The Morgan fingerprint density at radius 3 is 2.77 bits per heavy atom. The molecule has 1 unspecified atom stereocenters. The summed E-state index contributed by atoms with van der Waals surface area (Å²) in [5, 5.41) is 37.7. The molecule has 4 atom stereocenters. The average molecular weight is 415 g/mol. The molecule has 30 heavy (non-hydrogen) atoms. The van der Waals surface area contributed by atoms with Gasteiger partial charge in [0.15, 0.2) is 17.7 Å². The zero-order valence-electron chi connectivity index (χ0n) is 16.0. The second kappa shape index (κ2) is 8.28. The fourth-order valence-electron chi connectivity index (χ4n) is 3.28. The van der Waals surface area contributed by atoms with E-state index in [0.29, 0.717) is 5.75 Å². The summed E-state index contributed by atoms with van der Waals surface area (Å²) in [6.45, 7) is -0.194. The first-order valence-electron chi connectivity index (χ1n) is 9.15. The minimum Gasteiger partial charge on any atom is -0.496 e. The van der Waals surface area contributed by atoms with E-state index in [9.17, 15) is 15.3 Å². The van der Waals surface area contributed by atoms with E-state index in [1.165, 1.54) is 10.9 Å². The van der Waals surface area contributed by atoms with Gasteiger partial charge in [0.2, 0.25) is 0 Å². The topological polar surface area (TPSA) is 173 Å². The first-order chi connectivity index (χ1) is 14.5. The van der Waals surface area contributed by atoms with Crippen molar-refractivity contribution in [2.75, 3.05) is 19.5 Å². The van der Waals surface area contributed by atoms with E-state index in [-0.39, 0.29) is 29.5 Å². The molecule has 1 aromatic carbocycles. The van der Waals surface area contributed by atoms with Gasteiger partial charge in [-0.2, -0.15) is 15.1 Å². The summed E-state index contributed by atoms with van der Waals surface area (Å²) < 4.78 is 12.2. The van der Waals surface area contributed by atoms with Crippen molar-refractivity contribution >= 4 is 22.9 Å². The number of rotatable bonds is 6. The predicted octanol–water partition coefficient (Wildman–Crippen LogP) is 0.312. The molecule has 1 aliphatic heterocycles. The Kier molecular flexibility index (Phi) is 5.55. The molecule has 0 saturated carbocycles. The molecule has 0 amide bonds. The molecule has 3 aromatic rings. The van der Waals surface area contributed by atoms with Crippen LogP contribution in [0.25, 0.3) is 11.2 Å². The van der Waals surface area contributed by atoms with Gasteiger partial charge in [-0.25, -0.2) is 4.98 Å². The van der Waals surface area contributed by atoms with E-state index < -0.39 is 31.1 Å². The number of aromatic nitrogens is 4. The van der Waals surface area contributed by atoms with E-state index >= 15 is 0 Å². The van der Waals surface area contributed by atoms with Crippen molar-refractivity contribution in [1.82, 2.24) is 19.5 Å². The summed E-state index contributed by atoms with van der Waals surface area (Å²) in [5.74, 6) is 0.773. The molecule has 158 valence electrons. The van der Waals surface area contributed by atoms with Crippen LogP contribution in [0, 0.1) is 0 Å². The molecule has 1 saturated heterocycles. The minimum absolute atomic E-state index is 0.00314. The fourth-order valence-corrected chi connectivity index (χ4v) is 3.28. The smallest absolute Gasteiger partial charge is 0.272 e. The molecule has 0 aliphatic carbocycles. The van der Waals surface area contributed by atoms with Crippen LogP contribution in [0.15, 0.2) is 40.8 Å². The van der Waals surface area contributed by atoms with Crippen LogP contribution in [0.2, 0.25) is 0 Å². The number of hydrogen-bond donors (Lipinski definition) is 4. The second-order valence-corrected chi connectivity index (χ2v) is 6.67. The summed E-state index contributed by atoms with van der Waals surface area (Å²) in [6, 6.07) is 7.42. The zero-order chi connectivity index (χ0) is 21.3. The van der Waals surface area contributed by atoms with E-state index in [0.717, 1.165) is 5.56 Å². The van der Waals surface area contributed by atoms with Crippen LogP contribution < -0.4 is 10.5 Å². The number of hydrogen-bond acceptors (Lipinski definition) is 11. The molecular formula is C18H21N7O5. The third-order valence-electron chi connectivity index (χ3n) is 4.82. The van der Waals surface area contributed by atoms with Crippen molar-refractivity contribution in [3.8, 4) is 5.75 Å². The number of nitrogen functional groups attached to an aromatic ring is 1. The molecule has 12 nitrogen and oxygen atoms in total. The molecule has 5 N–H and O–H groups in total. The predicted molar refractivity (Wildman–Crippen MR) is 104 cm³/mol. The number of anilines is 1. The zero-order valence-corrected chi connectivity index (χ0v) is 16.0. The molecule has 0 spiro atoms. The molecular weight excluding hydrogens is 394 g/mol. The highest BCUT2D eigenvalue weighted by molar-refractivity contribution is 5.82. The van der Waals surface area contributed by atoms with Gasteiger partial charge >= 0.3 is 0 Å². The van der Waals surface area contributed by atoms with Gasteiger partial charge in [-0.3, -0.25) is 4.57 Å². The highest BCUT2D eigenvalue weighted by atomic mass is 16.6. The van der Waals surface area contributed by atoms with Crippen LogP contribution in [-0.2, 0) is 11.3 Å². The number of aliphatic hydroxyl groups excluding tert-OH is 3. The Hall–Kier alpha value is -3.19. The SMILES string of the molecule is COc1ccccc1CN=Nc1nc(N)c2ncn(C3O[C@H](CO)[C@@H](O)[C@H]3O)c2n1. The number of imidazole rings is 1. The molecule has 0 bridgehead atoms. The van der Waals surface area contributed by atoms with Crippen molar-refractivity contribution < 1.29 is 24.8 Å². The summed E-state index contributed by atoms with van der Waals surface area (Å²) in [6.07, 6.45) is -3.11. The molecule has 4 rings (SSSR count). The van der Waals surface area contributed by atoms with Gasteiger partial charge < -0.3 is 30.5 Å². The number of methoxy groups -OCH3 is 1. The lowest BCUT2D eigenvalue weighted by atomic mass is 10.1. The summed E-state index contributed by atoms with van der Waals surface area (Å²) in [5.41, 5.74) is 7.36. The summed E-state index contributed by atoms with van der Waals surface area (Å²) in [4.78, 5) is 12.5. The first-order valence-corrected chi connectivity index (χ1v) is 9.15. The van der Waals surface area contributed by atoms with Gasteiger partial charge in [-0.05, 0) is 6.07 Å². The van der Waals surface area contributed by atoms with E-state index in [2.05, 4.69) is 25.2 Å². The normalized spacial score (nSPS) is 24.1. The van der Waals surface area contributed by atoms with Gasteiger partial charge in [-0.1, -0.05) is 18.2 Å². The molecule has 12 heteroatoms. The number of fused-ring (bicyclic) bond motifs is 1. The molecule has 1 aliphatic rings. The number of para-hydroxylation sites is 1. The lowest BCUT2D eigenvalue weighted by Gasteiger charge is -2.16. The third kappa shape index (κ3) is 3.57. The van der Waals surface area contributed by atoms with Crippen molar-refractivity contribution in [2.24, 2.45) is 10.2 Å². The second-order valence-electron chi connectivity index (χ2n) is 6.67. The Morgan fingerprint density at radius 2 is 2.03 bits per heavy atom. The van der Waals surface area contributed by atoms with Gasteiger partial charge in [0.25, 0.3) is 5.95 Å². The Morgan fingerprint density at radius 1 is 1.23 bits per heavy atom. The molecule has 2 aromatic heterocycles. The van der Waals surface area contributed by atoms with Crippen LogP contribution in [-0.4, -0.2) is 66.9 Å². The molecule has 3 heterocycles. The number of nitrogens with zero attached hydrogens (tertiary/aromatic N) is 6. The fraction of sp³-hybridized carbons (Fsp3) is 0.389. The lowest BCUT2D eigenvalue weighted by molar-refractivity contribution is -0.0511. The number of aliphatic hydroxyl groups is 3. The number of nitrogens with two attached hydrogens (primary N) is 1. The summed E-state index contributed by atoms with van der Waals surface area (Å²) >= 11 is 0. The highest BCUT2D eigenvalue weighted by Crippen LogP contribution is 2.32. The summed E-state index contributed by atoms with van der Waals surface area (Å²) in [7, 11) is 1.58. The van der Waals surface area contributed by atoms with Crippen LogP contribution in [0.4, 0.5) is 11.8 Å². The van der Waals surface area contributed by atoms with E-state index in [1.54, 1.807) is 7.11 Å². The standard InChI is InChI=1S/C18H21N7O5/c1-29-10-5-3-2-4-9(10)6-21-24-18-22-15(19)12-16(23-18)25(8-20-12)17-14(28)13(27)11(7-26)30-17/h2-5,8,11,13-14,17,26-28H,6-7H2,1H3,(H2,19,22,23)/t11-,13-,14-,17?/m1/s1. The van der Waals surface area contributed by atoms with Gasteiger partial charge in [0.1, 0.15) is 29.6 Å². The Bertz CT molecular complexity index is 1070. The number of ether oxygens (including phenoxy) is 2. The number of azo groups is 1. The van der Waals surface area contributed by atoms with Gasteiger partial charge in [0.05, 0.1) is 26.6 Å². The van der Waals surface area contributed by atoms with Crippen molar-refractivity contribution in [3.05, 3.63) is 36.2 Å². The van der Waals surface area contributed by atoms with Gasteiger partial charge in [-0.15, -0.1) is 5.11 Å². The van der Waals surface area contributed by atoms with E-state index in [4.69, 9.17) is 15.2 Å². The maximum absolute atomic E-state index is 10.3. The van der Waals surface area contributed by atoms with Crippen molar-refractivity contribution in [3.63, 3.8) is 0 Å². The van der Waals surface area contributed by atoms with Crippen LogP contribution >= 0.6 is 0 Å². The van der Waals surface area contributed by atoms with Crippen molar-refractivity contribution in [1.29, 1.82) is 0 Å². The quantitative estimate of drug-likeness (QED) is 0.413. The van der Waals surface area contributed by atoms with Crippen LogP contribution in [0.5, 0.6) is 5.75 Å². The maximum atomic E-state index is 10.3. The van der Waals surface area contributed by atoms with Crippen molar-refractivity contribution in [2.45, 2.75) is 31.1 Å². The monoisotopic (exact) mass is 415 g/mol. The number of benzene rings is 1. The van der Waals surface area contributed by atoms with Crippen LogP contribution in [0.1, 0.15) is 11.8 Å². The Labute approximate surface area is 170 Å². The molecule has 1 fully saturated rings. The first kappa shape index (κ1) is 20.1. The Balaban J connectivity index is 1.62. The lowest BCUT2D eigenvalue weighted by Crippen LogP contribution is -2.33. The highest BCUT2D eigenvalue weighted by Gasteiger charge is 2.44. The molecule has 0 radical (unpaired) electrons. The van der Waals surface area contributed by atoms with Gasteiger partial charge in [0, 0.05) is 5.56 Å². The average Bonchev–Trinajstić information content (AvgIpc) is 3.30.